The summed E-state index contributed by atoms with van der Waals surface area (Å²) in [6.45, 7) is 4.03. The molecule has 138 valence electrons. The van der Waals surface area contributed by atoms with Crippen LogP contribution in [0.5, 0.6) is 0 Å². The average molecular weight is 421 g/mol. The first kappa shape index (κ1) is 19.5. The second-order valence-electron chi connectivity index (χ2n) is 5.99. The Balaban J connectivity index is 1.75. The van der Waals surface area contributed by atoms with Gasteiger partial charge in [0.2, 0.25) is 0 Å². The lowest BCUT2D eigenvalue weighted by Crippen LogP contribution is -2.18. The largest absolute Gasteiger partial charge is 0.318 e. The minimum absolute atomic E-state index is 0.342. The molecule has 0 bridgehead atoms. The van der Waals surface area contributed by atoms with Crippen LogP contribution in [-0.4, -0.2) is 16.7 Å². The first-order valence-corrected chi connectivity index (χ1v) is 9.23. The van der Waals surface area contributed by atoms with Crippen LogP contribution >= 0.6 is 34.8 Å². The van der Waals surface area contributed by atoms with Crippen LogP contribution in [0, 0.1) is 13.8 Å². The van der Waals surface area contributed by atoms with Crippen LogP contribution in [0.3, 0.4) is 0 Å². The summed E-state index contributed by atoms with van der Waals surface area (Å²) < 4.78 is 2.07. The lowest BCUT2D eigenvalue weighted by atomic mass is 10.2. The maximum Gasteiger partial charge on any atom is 0.272 e. The van der Waals surface area contributed by atoms with E-state index in [0.717, 1.165) is 17.1 Å². The number of aromatic nitrogens is 1. The molecule has 1 amide bonds. The van der Waals surface area contributed by atoms with Crippen molar-refractivity contribution < 1.29 is 4.79 Å². The molecule has 0 aliphatic heterocycles. The molecule has 0 aliphatic carbocycles. The smallest absolute Gasteiger partial charge is 0.272 e. The Kier molecular flexibility index (Phi) is 5.90. The normalized spacial score (nSPS) is 11.1. The summed E-state index contributed by atoms with van der Waals surface area (Å²) in [5.74, 6) is -0.399. The quantitative estimate of drug-likeness (QED) is 0.419. The molecule has 0 aliphatic rings. The van der Waals surface area contributed by atoms with Crippen LogP contribution in [0.15, 0.2) is 53.6 Å². The predicted molar refractivity (Wildman–Crippen MR) is 112 cm³/mol. The molecule has 0 saturated heterocycles. The minimum Gasteiger partial charge on any atom is -0.318 e. The van der Waals surface area contributed by atoms with Crippen molar-refractivity contribution >= 4 is 46.9 Å². The van der Waals surface area contributed by atoms with Crippen LogP contribution in [-0.2, 0) is 0 Å². The van der Waals surface area contributed by atoms with Gasteiger partial charge in [0.25, 0.3) is 5.91 Å². The highest BCUT2D eigenvalue weighted by atomic mass is 35.5. The summed E-state index contributed by atoms with van der Waals surface area (Å²) in [6, 6.07) is 14.4. The standard InChI is InChI=1S/C20H16Cl3N3O/c1-12-3-4-13(2)26(12)15-6-7-16(18(22)10-15)20(27)25-24-11-14-5-8-17(21)19(23)9-14/h3-11H,1-2H3,(H,25,27)/b24-11-. The van der Waals surface area contributed by atoms with Crippen LogP contribution in [0.1, 0.15) is 27.3 Å². The minimum atomic E-state index is -0.399. The number of rotatable bonds is 4. The number of halogens is 3. The van der Waals surface area contributed by atoms with Crippen molar-refractivity contribution in [2.24, 2.45) is 5.10 Å². The molecule has 1 N–H and O–H groups in total. The van der Waals surface area contributed by atoms with Gasteiger partial charge in [-0.3, -0.25) is 4.79 Å². The molecule has 3 rings (SSSR count). The predicted octanol–water partition coefficient (Wildman–Crippen LogP) is 5.82. The molecule has 0 radical (unpaired) electrons. The molecule has 7 heteroatoms. The topological polar surface area (TPSA) is 46.4 Å². The fraction of sp³-hybridized carbons (Fsp3) is 0.100. The van der Waals surface area contributed by atoms with E-state index in [4.69, 9.17) is 34.8 Å². The molecule has 4 nitrogen and oxygen atoms in total. The van der Waals surface area contributed by atoms with Crippen molar-refractivity contribution in [3.05, 3.63) is 86.1 Å². The summed E-state index contributed by atoms with van der Waals surface area (Å²) in [4.78, 5) is 12.3. The fourth-order valence-electron chi connectivity index (χ4n) is 2.72. The van der Waals surface area contributed by atoms with E-state index in [9.17, 15) is 4.79 Å². The summed E-state index contributed by atoms with van der Waals surface area (Å²) >= 11 is 18.1. The molecular weight excluding hydrogens is 405 g/mol. The molecule has 0 atom stereocenters. The van der Waals surface area contributed by atoms with E-state index in [1.807, 2.05) is 32.0 Å². The molecular formula is C20H16Cl3N3O. The third kappa shape index (κ3) is 4.35. The third-order valence-corrected chi connectivity index (χ3v) is 5.10. The number of hydrogen-bond donors (Lipinski definition) is 1. The Morgan fingerprint density at radius 1 is 0.926 bits per heavy atom. The van der Waals surface area contributed by atoms with Crippen molar-refractivity contribution in [3.63, 3.8) is 0 Å². The zero-order valence-electron chi connectivity index (χ0n) is 14.6. The maximum absolute atomic E-state index is 12.3. The van der Waals surface area contributed by atoms with Gasteiger partial charge >= 0.3 is 0 Å². The summed E-state index contributed by atoms with van der Waals surface area (Å²) in [5.41, 5.74) is 6.60. The molecule has 1 heterocycles. The monoisotopic (exact) mass is 419 g/mol. The van der Waals surface area contributed by atoms with E-state index in [-0.39, 0.29) is 0 Å². The van der Waals surface area contributed by atoms with Gasteiger partial charge < -0.3 is 4.57 Å². The number of hydrogen-bond acceptors (Lipinski definition) is 2. The molecule has 0 spiro atoms. The Labute approximate surface area is 172 Å². The Hall–Kier alpha value is -2.27. The van der Waals surface area contributed by atoms with Crippen LogP contribution < -0.4 is 5.43 Å². The van der Waals surface area contributed by atoms with Gasteiger partial charge in [0.1, 0.15) is 0 Å². The Morgan fingerprint density at radius 2 is 1.63 bits per heavy atom. The van der Waals surface area contributed by atoms with Gasteiger partial charge in [-0.15, -0.1) is 0 Å². The van der Waals surface area contributed by atoms with E-state index in [1.165, 1.54) is 6.21 Å². The van der Waals surface area contributed by atoms with Gasteiger partial charge in [-0.25, -0.2) is 5.43 Å². The average Bonchev–Trinajstić information content (AvgIpc) is 2.96. The van der Waals surface area contributed by atoms with E-state index < -0.39 is 5.91 Å². The molecule has 0 fully saturated rings. The molecule has 0 saturated carbocycles. The van der Waals surface area contributed by atoms with E-state index >= 15 is 0 Å². The number of hydrazone groups is 1. The number of carbonyl (C=O) groups is 1. The van der Waals surface area contributed by atoms with Crippen molar-refractivity contribution in [1.29, 1.82) is 0 Å². The summed E-state index contributed by atoms with van der Waals surface area (Å²) in [6.07, 6.45) is 1.48. The second-order valence-corrected chi connectivity index (χ2v) is 7.21. The third-order valence-electron chi connectivity index (χ3n) is 4.05. The van der Waals surface area contributed by atoms with Crippen molar-refractivity contribution in [2.75, 3.05) is 0 Å². The summed E-state index contributed by atoms with van der Waals surface area (Å²) in [5, 5.41) is 5.16. The zero-order chi connectivity index (χ0) is 19.6. The van der Waals surface area contributed by atoms with Gasteiger partial charge in [-0.2, -0.15) is 5.10 Å². The van der Waals surface area contributed by atoms with Gasteiger partial charge in [0.05, 0.1) is 26.8 Å². The number of carbonyl (C=O) groups excluding carboxylic acids is 1. The molecule has 2 aromatic carbocycles. The van der Waals surface area contributed by atoms with Gasteiger partial charge in [0, 0.05) is 17.1 Å². The highest BCUT2D eigenvalue weighted by molar-refractivity contribution is 6.42. The van der Waals surface area contributed by atoms with Crippen LogP contribution in [0.25, 0.3) is 5.69 Å². The number of benzene rings is 2. The molecule has 27 heavy (non-hydrogen) atoms. The number of amides is 1. The zero-order valence-corrected chi connectivity index (χ0v) is 16.9. The second kappa shape index (κ2) is 8.17. The van der Waals surface area contributed by atoms with E-state index in [1.54, 1.807) is 30.3 Å². The lowest BCUT2D eigenvalue weighted by molar-refractivity contribution is 0.0955. The Bertz CT molecular complexity index is 1020. The number of nitrogens with one attached hydrogen (secondary N) is 1. The lowest BCUT2D eigenvalue weighted by Gasteiger charge is -2.11. The van der Waals surface area contributed by atoms with Crippen molar-refractivity contribution in [2.45, 2.75) is 13.8 Å². The van der Waals surface area contributed by atoms with Crippen molar-refractivity contribution in [3.8, 4) is 5.69 Å². The molecule has 1 aromatic heterocycles. The first-order chi connectivity index (χ1) is 12.9. The number of nitrogens with zero attached hydrogens (tertiary/aromatic N) is 2. The van der Waals surface area contributed by atoms with Gasteiger partial charge in [-0.05, 0) is 61.9 Å². The van der Waals surface area contributed by atoms with Crippen molar-refractivity contribution in [1.82, 2.24) is 9.99 Å². The SMILES string of the molecule is Cc1ccc(C)n1-c1ccc(C(=O)N/N=C\c2ccc(Cl)c(Cl)c2)c(Cl)c1. The first-order valence-electron chi connectivity index (χ1n) is 8.10. The molecule has 3 aromatic rings. The van der Waals surface area contributed by atoms with E-state index in [0.29, 0.717) is 26.2 Å². The highest BCUT2D eigenvalue weighted by Crippen LogP contribution is 2.24. The highest BCUT2D eigenvalue weighted by Gasteiger charge is 2.12. The van der Waals surface area contributed by atoms with Crippen LogP contribution in [0.4, 0.5) is 0 Å². The maximum atomic E-state index is 12.3. The number of aryl methyl sites for hydroxylation is 2. The molecule has 0 unspecified atom stereocenters. The summed E-state index contributed by atoms with van der Waals surface area (Å²) in [7, 11) is 0. The van der Waals surface area contributed by atoms with Gasteiger partial charge in [0.15, 0.2) is 0 Å². The fourth-order valence-corrected chi connectivity index (χ4v) is 3.29. The van der Waals surface area contributed by atoms with Gasteiger partial charge in [-0.1, -0.05) is 40.9 Å². The van der Waals surface area contributed by atoms with Crippen LogP contribution in [0.2, 0.25) is 15.1 Å². The Morgan fingerprint density at radius 3 is 2.26 bits per heavy atom. The van der Waals surface area contributed by atoms with E-state index in [2.05, 4.69) is 15.1 Å².